The summed E-state index contributed by atoms with van der Waals surface area (Å²) >= 11 is 7.88. The average Bonchev–Trinajstić information content (AvgIpc) is 3.08. The van der Waals surface area contributed by atoms with Crippen molar-refractivity contribution in [3.05, 3.63) is 83.1 Å². The fraction of sp³-hybridized carbons (Fsp3) is 0.0588. The van der Waals surface area contributed by atoms with Crippen molar-refractivity contribution in [1.29, 1.82) is 0 Å². The van der Waals surface area contributed by atoms with E-state index >= 15 is 0 Å². The Hall–Kier alpha value is -1.25. The molecule has 1 N–H and O–H groups in total. The molecular formula is C17H16NPS2. The maximum atomic E-state index is 6.11. The predicted molar refractivity (Wildman–Crippen MR) is 97.6 cm³/mol. The molecule has 4 heteroatoms. The predicted octanol–water partition coefficient (Wildman–Crippen LogP) is 3.88. The summed E-state index contributed by atoms with van der Waals surface area (Å²) in [5.41, 5.74) is 0. The zero-order valence-electron chi connectivity index (χ0n) is 11.5. The summed E-state index contributed by atoms with van der Waals surface area (Å²) in [7, 11) is 0. The quantitative estimate of drug-likeness (QED) is 0.713. The van der Waals surface area contributed by atoms with E-state index in [2.05, 4.69) is 71.1 Å². The van der Waals surface area contributed by atoms with Gasteiger partial charge in [0.25, 0.3) is 0 Å². The van der Waals surface area contributed by atoms with Crippen LogP contribution in [0.15, 0.2) is 78.2 Å². The van der Waals surface area contributed by atoms with E-state index in [0.29, 0.717) is 0 Å². The summed E-state index contributed by atoms with van der Waals surface area (Å²) in [5.74, 6) is 0. The summed E-state index contributed by atoms with van der Waals surface area (Å²) in [4.78, 5) is 1.32. The Bertz CT molecular complexity index is 681. The molecular weight excluding hydrogens is 313 g/mol. The lowest BCUT2D eigenvalue weighted by atomic mass is 10.4. The first-order valence-electron chi connectivity index (χ1n) is 6.78. The Kier molecular flexibility index (Phi) is 4.67. The molecule has 0 unspecified atom stereocenters. The van der Waals surface area contributed by atoms with Gasteiger partial charge in [-0.05, 0) is 11.4 Å². The molecule has 0 radical (unpaired) electrons. The van der Waals surface area contributed by atoms with Gasteiger partial charge in [0.15, 0.2) is 0 Å². The molecule has 0 aliphatic carbocycles. The van der Waals surface area contributed by atoms with Gasteiger partial charge in [0.05, 0.1) is 6.19 Å². The average molecular weight is 329 g/mol. The fourth-order valence-corrected chi connectivity index (χ4v) is 6.13. The van der Waals surface area contributed by atoms with Crippen LogP contribution in [0.3, 0.4) is 0 Å². The Labute approximate surface area is 134 Å². The van der Waals surface area contributed by atoms with Crippen LogP contribution in [0.25, 0.3) is 0 Å². The summed E-state index contributed by atoms with van der Waals surface area (Å²) in [6.45, 7) is 0.818. The lowest BCUT2D eigenvalue weighted by Gasteiger charge is -2.24. The van der Waals surface area contributed by atoms with Crippen LogP contribution in [0.5, 0.6) is 0 Å². The zero-order chi connectivity index (χ0) is 14.5. The van der Waals surface area contributed by atoms with Gasteiger partial charge in [0, 0.05) is 22.0 Å². The van der Waals surface area contributed by atoms with Gasteiger partial charge in [-0.25, -0.2) is 0 Å². The molecule has 2 aromatic carbocycles. The van der Waals surface area contributed by atoms with Gasteiger partial charge in [0.1, 0.15) is 0 Å². The molecule has 0 amide bonds. The second-order valence-corrected chi connectivity index (χ2v) is 9.94. The highest BCUT2D eigenvalue weighted by Gasteiger charge is 2.21. The highest BCUT2D eigenvalue weighted by Crippen LogP contribution is 2.39. The van der Waals surface area contributed by atoms with E-state index in [1.807, 2.05) is 12.1 Å². The first kappa shape index (κ1) is 14.7. The van der Waals surface area contributed by atoms with E-state index in [1.165, 1.54) is 15.5 Å². The maximum Gasteiger partial charge on any atom is 0.0687 e. The monoisotopic (exact) mass is 329 g/mol. The van der Waals surface area contributed by atoms with Crippen molar-refractivity contribution in [2.24, 2.45) is 0 Å². The van der Waals surface area contributed by atoms with Crippen molar-refractivity contribution in [3.8, 4) is 0 Å². The normalized spacial score (nSPS) is 11.4. The molecule has 1 heterocycles. The summed E-state index contributed by atoms with van der Waals surface area (Å²) < 4.78 is 0. The Morgan fingerprint density at radius 1 is 0.810 bits per heavy atom. The number of nitrogens with one attached hydrogen (secondary N) is 1. The largest absolute Gasteiger partial charge is 0.277 e. The SMILES string of the molecule is S=P(NCc1cccs1)(c1ccccc1)c1ccccc1. The number of hydrogen-bond donors (Lipinski definition) is 1. The van der Waals surface area contributed by atoms with E-state index in [9.17, 15) is 0 Å². The van der Waals surface area contributed by atoms with Gasteiger partial charge in [-0.3, -0.25) is 5.09 Å². The van der Waals surface area contributed by atoms with Gasteiger partial charge in [-0.1, -0.05) is 78.5 Å². The van der Waals surface area contributed by atoms with Gasteiger partial charge in [-0.2, -0.15) is 0 Å². The van der Waals surface area contributed by atoms with Gasteiger partial charge in [0.2, 0.25) is 0 Å². The van der Waals surface area contributed by atoms with Crippen molar-refractivity contribution in [2.45, 2.75) is 6.54 Å². The highest BCUT2D eigenvalue weighted by atomic mass is 32.4. The lowest BCUT2D eigenvalue weighted by Crippen LogP contribution is -2.26. The fourth-order valence-electron chi connectivity index (χ4n) is 2.21. The van der Waals surface area contributed by atoms with E-state index in [0.717, 1.165) is 6.54 Å². The van der Waals surface area contributed by atoms with Crippen LogP contribution in [0.1, 0.15) is 4.88 Å². The molecule has 0 spiro atoms. The molecule has 0 aliphatic rings. The molecule has 0 fully saturated rings. The van der Waals surface area contributed by atoms with Crippen LogP contribution in [0, 0.1) is 0 Å². The second kappa shape index (κ2) is 6.67. The van der Waals surface area contributed by atoms with Crippen molar-refractivity contribution < 1.29 is 0 Å². The molecule has 3 aromatic rings. The molecule has 0 saturated carbocycles. The molecule has 0 aliphatic heterocycles. The third-order valence-corrected chi connectivity index (χ3v) is 8.48. The number of rotatable bonds is 5. The molecule has 0 bridgehead atoms. The minimum atomic E-state index is -1.98. The standard InChI is InChI=1S/C17H16NPS2/c20-19(15-8-3-1-4-9-15,16-10-5-2-6-11-16)18-14-17-12-7-13-21-17/h1-13H,14H2,(H,18,20). The highest BCUT2D eigenvalue weighted by molar-refractivity contribution is 8.20. The van der Waals surface area contributed by atoms with Crippen LogP contribution in [-0.2, 0) is 18.4 Å². The number of thiophene rings is 1. The van der Waals surface area contributed by atoms with E-state index < -0.39 is 6.19 Å². The van der Waals surface area contributed by atoms with Gasteiger partial charge in [-0.15, -0.1) is 11.3 Å². The molecule has 1 nitrogen and oxygen atoms in total. The van der Waals surface area contributed by atoms with Crippen LogP contribution in [-0.4, -0.2) is 0 Å². The van der Waals surface area contributed by atoms with Crippen molar-refractivity contribution >= 4 is 39.9 Å². The number of hydrogen-bond acceptors (Lipinski definition) is 2. The third-order valence-electron chi connectivity index (χ3n) is 3.30. The first-order chi connectivity index (χ1) is 10.3. The number of benzene rings is 2. The molecule has 1 aromatic heterocycles. The minimum absolute atomic E-state index is 0.818. The first-order valence-corrected chi connectivity index (χ1v) is 10.5. The molecule has 0 saturated heterocycles. The van der Waals surface area contributed by atoms with Crippen LogP contribution >= 0.6 is 17.5 Å². The lowest BCUT2D eigenvalue weighted by molar-refractivity contribution is 0.991. The Balaban J connectivity index is 1.97. The molecule has 3 rings (SSSR count). The Morgan fingerprint density at radius 3 is 1.86 bits per heavy atom. The summed E-state index contributed by atoms with van der Waals surface area (Å²) in [6, 6.07) is 25.1. The van der Waals surface area contributed by atoms with E-state index in [-0.39, 0.29) is 0 Å². The van der Waals surface area contributed by atoms with Crippen molar-refractivity contribution in [1.82, 2.24) is 5.09 Å². The van der Waals surface area contributed by atoms with Crippen LogP contribution < -0.4 is 15.7 Å². The molecule has 21 heavy (non-hydrogen) atoms. The van der Waals surface area contributed by atoms with Crippen LogP contribution in [0.4, 0.5) is 0 Å². The summed E-state index contributed by atoms with van der Waals surface area (Å²) in [5, 5.41) is 8.19. The topological polar surface area (TPSA) is 12.0 Å². The molecule has 0 atom stereocenters. The minimum Gasteiger partial charge on any atom is -0.277 e. The molecule has 106 valence electrons. The maximum absolute atomic E-state index is 6.11. The van der Waals surface area contributed by atoms with Crippen LogP contribution in [0.2, 0.25) is 0 Å². The van der Waals surface area contributed by atoms with Gasteiger partial charge < -0.3 is 0 Å². The van der Waals surface area contributed by atoms with E-state index in [1.54, 1.807) is 11.3 Å². The second-order valence-electron chi connectivity index (χ2n) is 4.69. The third kappa shape index (κ3) is 3.33. The summed E-state index contributed by atoms with van der Waals surface area (Å²) in [6.07, 6.45) is -1.98. The Morgan fingerprint density at radius 2 is 1.38 bits per heavy atom. The van der Waals surface area contributed by atoms with Crippen molar-refractivity contribution in [2.75, 3.05) is 0 Å². The van der Waals surface area contributed by atoms with Crippen molar-refractivity contribution in [3.63, 3.8) is 0 Å². The zero-order valence-corrected chi connectivity index (χ0v) is 14.0. The smallest absolute Gasteiger partial charge is 0.0687 e. The van der Waals surface area contributed by atoms with Gasteiger partial charge >= 0.3 is 0 Å². The van der Waals surface area contributed by atoms with E-state index in [4.69, 9.17) is 11.8 Å².